The number of nitrogens with zero attached hydrogens (tertiary/aromatic N) is 5. The first kappa shape index (κ1) is 29.8. The largest absolute Gasteiger partial charge is 0.493 e. The molecule has 0 unspecified atom stereocenters. The number of benzene rings is 6. The van der Waals surface area contributed by atoms with Crippen LogP contribution in [0.2, 0.25) is 0 Å². The van der Waals surface area contributed by atoms with E-state index in [-0.39, 0.29) is 27.3 Å². The third kappa shape index (κ3) is 4.47. The smallest absolute Gasteiger partial charge is 0.324 e. The predicted molar refractivity (Wildman–Crippen MR) is 197 cm³/mol. The van der Waals surface area contributed by atoms with E-state index in [9.17, 15) is 0 Å². The molecule has 0 saturated carbocycles. The van der Waals surface area contributed by atoms with E-state index in [1.54, 1.807) is 0 Å². The Labute approximate surface area is 300 Å². The Kier molecular flexibility index (Phi) is 6.91. The first-order valence-electron chi connectivity index (χ1n) is 16.4. The molecule has 7 heteroatoms. The molecule has 5 nitrogen and oxygen atoms in total. The van der Waals surface area contributed by atoms with Gasteiger partial charge in [0.1, 0.15) is 0 Å². The number of fused-ring (bicyclic) bond motifs is 12. The van der Waals surface area contributed by atoms with Crippen molar-refractivity contribution in [2.45, 2.75) is 13.8 Å². The number of anilines is 6. The molecule has 1 aromatic heterocycles. The summed E-state index contributed by atoms with van der Waals surface area (Å²) in [6.45, 7) is 6.28. The van der Waals surface area contributed by atoms with Gasteiger partial charge in [0, 0.05) is 43.2 Å². The number of rotatable bonds is 3. The van der Waals surface area contributed by atoms with Crippen molar-refractivity contribution in [2.75, 3.05) is 14.6 Å². The molecule has 0 atom stereocenters. The van der Waals surface area contributed by atoms with E-state index in [4.69, 9.17) is 5.10 Å². The quantitative estimate of drug-likeness (QED) is 0.135. The van der Waals surface area contributed by atoms with Crippen molar-refractivity contribution >= 4 is 51.9 Å². The number of hydrogen-bond acceptors (Lipinski definition) is 4. The maximum atomic E-state index is 4.82. The summed E-state index contributed by atoms with van der Waals surface area (Å²) in [5.74, 6) is 0. The summed E-state index contributed by atoms with van der Waals surface area (Å²) in [7, 11) is 0. The van der Waals surface area contributed by atoms with E-state index in [1.165, 1.54) is 22.1 Å². The zero-order valence-corrected chi connectivity index (χ0v) is 28.5. The summed E-state index contributed by atoms with van der Waals surface area (Å²) in [4.78, 5) is 6.97. The summed E-state index contributed by atoms with van der Waals surface area (Å²) in [5.41, 5.74) is 16.8. The van der Waals surface area contributed by atoms with Gasteiger partial charge < -0.3 is 14.6 Å². The molecule has 6 aromatic carbocycles. The van der Waals surface area contributed by atoms with E-state index in [2.05, 4.69) is 174 Å². The van der Waals surface area contributed by atoms with Crippen molar-refractivity contribution in [1.82, 2.24) is 9.78 Å². The van der Waals surface area contributed by atoms with Crippen LogP contribution in [-0.2, 0) is 20.4 Å². The van der Waals surface area contributed by atoms with Crippen LogP contribution in [0.1, 0.15) is 11.4 Å². The van der Waals surface area contributed by atoms with Gasteiger partial charge in [-0.1, -0.05) is 112 Å². The average molecular weight is 721 g/mol. The zero-order valence-electron chi connectivity index (χ0n) is 26.9. The summed E-state index contributed by atoms with van der Waals surface area (Å²) < 4.78 is 2.00. The van der Waals surface area contributed by atoms with Crippen molar-refractivity contribution in [3.8, 4) is 27.9 Å². The zero-order chi connectivity index (χ0) is 31.9. The van der Waals surface area contributed by atoms with E-state index in [0.717, 1.165) is 62.3 Å². The van der Waals surface area contributed by atoms with Crippen LogP contribution in [0.15, 0.2) is 133 Å². The van der Waals surface area contributed by atoms with Crippen molar-refractivity contribution in [1.29, 1.82) is 0 Å². The number of para-hydroxylation sites is 3. The fourth-order valence-corrected chi connectivity index (χ4v) is 7.77. The third-order valence-corrected chi connectivity index (χ3v) is 9.81. The third-order valence-electron chi connectivity index (χ3n) is 9.81. The second-order valence-electron chi connectivity index (χ2n) is 12.7. The molecule has 238 valence electrons. The van der Waals surface area contributed by atoms with Gasteiger partial charge in [0.15, 0.2) is 0 Å². The average Bonchev–Trinajstić information content (AvgIpc) is 3.70. The van der Waals surface area contributed by atoms with Crippen LogP contribution < -0.4 is 25.5 Å². The topological polar surface area (TPSA) is 27.5 Å². The molecule has 3 aliphatic rings. The second-order valence-corrected chi connectivity index (χ2v) is 12.7. The monoisotopic (exact) mass is 720 g/mol. The number of hydrogen-bond donors (Lipinski definition) is 0. The molecule has 0 bridgehead atoms. The minimum atomic E-state index is -0.0356. The van der Waals surface area contributed by atoms with Gasteiger partial charge >= 0.3 is 6.85 Å². The standard InChI is InChI=1S/C42H29BN5.Pd/c1-28-24-29(2)48(44-28)32-21-23-36-34-15-7-9-17-38(34)43-37-16-8-6-14-33(37)35-22-20-31(25-41(35)47(43)42(36)26-32)46-27-45(30-12-4-3-5-13-30)39-18-10-11-19-40(39)46;/h3-24,27H,1-2H3;/q-3;. The normalized spacial score (nSPS) is 13.5. The molecule has 0 fully saturated rings. The van der Waals surface area contributed by atoms with Crippen LogP contribution >= 0.6 is 0 Å². The van der Waals surface area contributed by atoms with Gasteiger partial charge in [0.05, 0.1) is 5.69 Å². The molecule has 0 saturated heterocycles. The second kappa shape index (κ2) is 11.4. The van der Waals surface area contributed by atoms with Crippen LogP contribution in [-0.4, -0.2) is 16.6 Å². The molecule has 4 heterocycles. The van der Waals surface area contributed by atoms with Crippen LogP contribution in [0.5, 0.6) is 0 Å². The van der Waals surface area contributed by atoms with Crippen molar-refractivity contribution in [3.63, 3.8) is 0 Å². The first-order chi connectivity index (χ1) is 23.6. The Morgan fingerprint density at radius 3 is 1.76 bits per heavy atom. The van der Waals surface area contributed by atoms with E-state index < -0.39 is 0 Å². The van der Waals surface area contributed by atoms with Gasteiger partial charge in [-0.15, -0.1) is 47.7 Å². The molecule has 10 rings (SSSR count). The van der Waals surface area contributed by atoms with Gasteiger partial charge in [-0.25, -0.2) is 0 Å². The predicted octanol–water partition coefficient (Wildman–Crippen LogP) is 8.40. The van der Waals surface area contributed by atoms with Crippen LogP contribution in [0.25, 0.3) is 27.9 Å². The van der Waals surface area contributed by atoms with Crippen LogP contribution in [0.3, 0.4) is 0 Å². The molecule has 0 aliphatic carbocycles. The molecular weight excluding hydrogens is 692 g/mol. The Morgan fingerprint density at radius 2 is 1.12 bits per heavy atom. The Bertz CT molecular complexity index is 2400. The van der Waals surface area contributed by atoms with Gasteiger partial charge in [0.25, 0.3) is 0 Å². The minimum absolute atomic E-state index is 0. The number of aryl methyl sites for hydroxylation is 2. The fraction of sp³-hybridized carbons (Fsp3) is 0.0476. The summed E-state index contributed by atoms with van der Waals surface area (Å²) in [6, 6.07) is 55.5. The summed E-state index contributed by atoms with van der Waals surface area (Å²) >= 11 is 0. The molecule has 49 heavy (non-hydrogen) atoms. The minimum Gasteiger partial charge on any atom is -0.493 e. The van der Waals surface area contributed by atoms with E-state index in [0.29, 0.717) is 0 Å². The number of aromatic nitrogens is 2. The van der Waals surface area contributed by atoms with Gasteiger partial charge in [-0.2, -0.15) is 17.2 Å². The van der Waals surface area contributed by atoms with Crippen molar-refractivity contribution in [3.05, 3.63) is 164 Å². The maximum absolute atomic E-state index is 4.82. The molecule has 0 spiro atoms. The summed E-state index contributed by atoms with van der Waals surface area (Å²) in [5, 5.41) is 4.82. The first-order valence-corrected chi connectivity index (χ1v) is 16.4. The Morgan fingerprint density at radius 1 is 0.571 bits per heavy atom. The summed E-state index contributed by atoms with van der Waals surface area (Å²) in [6.07, 6.45) is 0. The van der Waals surface area contributed by atoms with Crippen molar-refractivity contribution in [2.24, 2.45) is 0 Å². The molecule has 3 aliphatic heterocycles. The van der Waals surface area contributed by atoms with Crippen LogP contribution in [0, 0.1) is 32.6 Å². The Balaban J connectivity index is 0.00000325. The van der Waals surface area contributed by atoms with E-state index >= 15 is 0 Å². The SMILES string of the molecule is Cc1cc(C)n(-c2[c-]c3c(cc2)-c2ccccc2B2c4ccccc4-c4ccc(N5[CH-]N(c6ccccc6)c6ccccc65)[c-]c4N23)n1.[Pd]. The van der Waals surface area contributed by atoms with Crippen LogP contribution in [0.4, 0.5) is 34.1 Å². The fourth-order valence-electron chi connectivity index (χ4n) is 7.77. The Hall–Kier alpha value is -5.34. The molecule has 0 amide bonds. The molecule has 7 aromatic rings. The van der Waals surface area contributed by atoms with Gasteiger partial charge in [-0.05, 0) is 49.9 Å². The molecule has 0 radical (unpaired) electrons. The van der Waals surface area contributed by atoms with E-state index in [1.807, 2.05) is 11.6 Å². The van der Waals surface area contributed by atoms with Crippen molar-refractivity contribution < 1.29 is 20.4 Å². The molecular formula is C42H29BN5Pd-3. The molecule has 0 N–H and O–H groups in total. The maximum Gasteiger partial charge on any atom is 0.324 e. The van der Waals surface area contributed by atoms with Gasteiger partial charge in [0.2, 0.25) is 0 Å². The van der Waals surface area contributed by atoms with Gasteiger partial charge in [-0.3, -0.25) is 4.68 Å².